The maximum atomic E-state index is 14.6. The first-order chi connectivity index (χ1) is 10.8. The lowest BCUT2D eigenvalue weighted by Crippen LogP contribution is -2.29. The molecule has 1 aliphatic rings. The number of halogens is 1. The van der Waals surface area contributed by atoms with E-state index in [1.807, 2.05) is 18.2 Å². The molecule has 0 saturated carbocycles. The van der Waals surface area contributed by atoms with Gasteiger partial charge in [0.25, 0.3) is 0 Å². The maximum Gasteiger partial charge on any atom is 0.183 e. The van der Waals surface area contributed by atoms with Gasteiger partial charge in [-0.25, -0.2) is 4.39 Å². The first-order valence-electron chi connectivity index (χ1n) is 7.81. The summed E-state index contributed by atoms with van der Waals surface area (Å²) >= 11 is 0. The second-order valence-corrected chi connectivity index (χ2v) is 5.90. The molecule has 2 aromatic heterocycles. The summed E-state index contributed by atoms with van der Waals surface area (Å²) in [6.07, 6.45) is 4.66. The Labute approximate surface area is 128 Å². The number of hydrogen-bond acceptors (Lipinski definition) is 2. The summed E-state index contributed by atoms with van der Waals surface area (Å²) in [5.41, 5.74) is 1.76. The average molecular weight is 298 g/mol. The van der Waals surface area contributed by atoms with Gasteiger partial charge in [-0.3, -0.25) is 0 Å². The summed E-state index contributed by atoms with van der Waals surface area (Å²) < 4.78 is 22.1. The van der Waals surface area contributed by atoms with Crippen LogP contribution in [0.1, 0.15) is 36.4 Å². The monoisotopic (exact) mass is 298 g/mol. The van der Waals surface area contributed by atoms with E-state index in [-0.39, 0.29) is 0 Å². The van der Waals surface area contributed by atoms with Gasteiger partial charge in [-0.15, -0.1) is 0 Å². The zero-order valence-electron chi connectivity index (χ0n) is 12.3. The second-order valence-electron chi connectivity index (χ2n) is 5.90. The molecular weight excluding hydrogens is 279 g/mol. The molecule has 0 bridgehead atoms. The predicted molar refractivity (Wildman–Crippen MR) is 84.7 cm³/mol. The van der Waals surface area contributed by atoms with Crippen molar-refractivity contribution in [2.45, 2.75) is 25.1 Å². The minimum absolute atomic E-state index is 0.360. The first kappa shape index (κ1) is 13.6. The molecule has 3 aromatic rings. The van der Waals surface area contributed by atoms with Gasteiger partial charge in [-0.2, -0.15) is 0 Å². The van der Waals surface area contributed by atoms with Gasteiger partial charge in [0.05, 0.1) is 6.26 Å². The molecule has 1 atom stereocenters. The standard InChI is InChI=1S/C18H19FN2O/c19-18(17-2-1-11-22-17)14-4-3-13-7-10-21(16(13)12-14)15-5-8-20-9-6-15/h1-4,7,10-12,15,18,20H,5-6,8-9H2. The Bertz CT molecular complexity index is 757. The zero-order valence-corrected chi connectivity index (χ0v) is 12.3. The molecule has 0 radical (unpaired) electrons. The van der Waals surface area contributed by atoms with Crippen molar-refractivity contribution in [3.63, 3.8) is 0 Å². The lowest BCUT2D eigenvalue weighted by Gasteiger charge is -2.25. The highest BCUT2D eigenvalue weighted by molar-refractivity contribution is 5.81. The fraction of sp³-hybridized carbons (Fsp3) is 0.333. The van der Waals surface area contributed by atoms with Gasteiger partial charge in [-0.05, 0) is 61.1 Å². The van der Waals surface area contributed by atoms with Gasteiger partial charge in [0.2, 0.25) is 0 Å². The molecule has 4 rings (SSSR count). The highest BCUT2D eigenvalue weighted by atomic mass is 19.1. The van der Waals surface area contributed by atoms with Crippen LogP contribution in [-0.4, -0.2) is 17.7 Å². The van der Waals surface area contributed by atoms with Crippen LogP contribution < -0.4 is 5.32 Å². The van der Waals surface area contributed by atoms with E-state index in [2.05, 4.69) is 22.1 Å². The summed E-state index contributed by atoms with van der Waals surface area (Å²) in [4.78, 5) is 0. The molecule has 3 nitrogen and oxygen atoms in total. The molecule has 1 aromatic carbocycles. The molecule has 114 valence electrons. The van der Waals surface area contributed by atoms with E-state index >= 15 is 0 Å². The van der Waals surface area contributed by atoms with E-state index < -0.39 is 6.17 Å². The van der Waals surface area contributed by atoms with Crippen molar-refractivity contribution in [2.24, 2.45) is 0 Å². The molecule has 1 fully saturated rings. The molecule has 3 heterocycles. The minimum atomic E-state index is -1.21. The van der Waals surface area contributed by atoms with Crippen molar-refractivity contribution in [3.8, 4) is 0 Å². The van der Waals surface area contributed by atoms with Crippen LogP contribution in [-0.2, 0) is 0 Å². The third kappa shape index (κ3) is 2.33. The maximum absolute atomic E-state index is 14.6. The smallest absolute Gasteiger partial charge is 0.183 e. The van der Waals surface area contributed by atoms with Crippen molar-refractivity contribution < 1.29 is 8.81 Å². The molecule has 4 heteroatoms. The molecule has 1 unspecified atom stereocenters. The molecule has 0 aliphatic carbocycles. The van der Waals surface area contributed by atoms with Crippen molar-refractivity contribution in [1.29, 1.82) is 0 Å². The summed E-state index contributed by atoms with van der Waals surface area (Å²) in [5.74, 6) is 0.360. The number of rotatable bonds is 3. The fourth-order valence-corrected chi connectivity index (χ4v) is 3.33. The molecule has 1 N–H and O–H groups in total. The van der Waals surface area contributed by atoms with E-state index in [4.69, 9.17) is 4.42 Å². The van der Waals surface area contributed by atoms with Crippen molar-refractivity contribution >= 4 is 10.9 Å². The van der Waals surface area contributed by atoms with Gasteiger partial charge in [0.15, 0.2) is 6.17 Å². The van der Waals surface area contributed by atoms with Gasteiger partial charge in [-0.1, -0.05) is 12.1 Å². The quantitative estimate of drug-likeness (QED) is 0.784. The van der Waals surface area contributed by atoms with Crippen LogP contribution in [0.15, 0.2) is 53.3 Å². The number of furan rings is 1. The normalized spacial score (nSPS) is 17.9. The summed E-state index contributed by atoms with van der Waals surface area (Å²) in [7, 11) is 0. The lowest BCUT2D eigenvalue weighted by molar-refractivity contribution is 0.332. The Morgan fingerprint density at radius 1 is 1.18 bits per heavy atom. The van der Waals surface area contributed by atoms with Gasteiger partial charge >= 0.3 is 0 Å². The summed E-state index contributed by atoms with van der Waals surface area (Å²) in [6, 6.07) is 11.8. The predicted octanol–water partition coefficient (Wildman–Crippen LogP) is 4.22. The number of aromatic nitrogens is 1. The van der Waals surface area contributed by atoms with Crippen molar-refractivity contribution in [2.75, 3.05) is 13.1 Å². The number of nitrogens with one attached hydrogen (secondary N) is 1. The highest BCUT2D eigenvalue weighted by Gasteiger charge is 2.19. The van der Waals surface area contributed by atoms with Crippen molar-refractivity contribution in [1.82, 2.24) is 9.88 Å². The number of benzene rings is 1. The molecular formula is C18H19FN2O. The molecule has 1 aliphatic heterocycles. The zero-order chi connectivity index (χ0) is 14.9. The summed E-state index contributed by atoms with van der Waals surface area (Å²) in [5, 5.41) is 4.55. The van der Waals surface area contributed by atoms with Crippen LogP contribution in [0.25, 0.3) is 10.9 Å². The SMILES string of the molecule is FC(c1ccc2ccn(C3CCNCC3)c2c1)c1ccco1. The van der Waals surface area contributed by atoms with E-state index in [1.54, 1.807) is 12.1 Å². The van der Waals surface area contributed by atoms with Crippen LogP contribution >= 0.6 is 0 Å². The van der Waals surface area contributed by atoms with Crippen LogP contribution in [0.4, 0.5) is 4.39 Å². The molecule has 22 heavy (non-hydrogen) atoms. The Balaban J connectivity index is 1.72. The number of nitrogens with zero attached hydrogens (tertiary/aromatic N) is 1. The Morgan fingerprint density at radius 3 is 2.82 bits per heavy atom. The van der Waals surface area contributed by atoms with E-state index in [1.165, 1.54) is 6.26 Å². The van der Waals surface area contributed by atoms with E-state index in [0.717, 1.165) is 36.8 Å². The molecule has 1 saturated heterocycles. The Hall–Kier alpha value is -2.07. The van der Waals surface area contributed by atoms with Crippen LogP contribution in [0.5, 0.6) is 0 Å². The topological polar surface area (TPSA) is 30.1 Å². The van der Waals surface area contributed by atoms with E-state index in [9.17, 15) is 4.39 Å². The van der Waals surface area contributed by atoms with Crippen LogP contribution in [0, 0.1) is 0 Å². The van der Waals surface area contributed by atoms with Crippen LogP contribution in [0.3, 0.4) is 0 Å². The van der Waals surface area contributed by atoms with Gasteiger partial charge in [0, 0.05) is 17.8 Å². The first-order valence-corrected chi connectivity index (χ1v) is 7.81. The summed E-state index contributed by atoms with van der Waals surface area (Å²) in [6.45, 7) is 2.09. The number of alkyl halides is 1. The lowest BCUT2D eigenvalue weighted by atomic mass is 10.0. The van der Waals surface area contributed by atoms with Gasteiger partial charge in [0.1, 0.15) is 5.76 Å². The average Bonchev–Trinajstić information content (AvgIpc) is 3.24. The Morgan fingerprint density at radius 2 is 2.05 bits per heavy atom. The van der Waals surface area contributed by atoms with Crippen molar-refractivity contribution in [3.05, 3.63) is 60.2 Å². The van der Waals surface area contributed by atoms with Gasteiger partial charge < -0.3 is 14.3 Å². The second kappa shape index (κ2) is 5.61. The van der Waals surface area contributed by atoms with E-state index in [0.29, 0.717) is 17.4 Å². The van der Waals surface area contributed by atoms with Crippen LogP contribution in [0.2, 0.25) is 0 Å². The third-order valence-electron chi connectivity index (χ3n) is 4.54. The fourth-order valence-electron chi connectivity index (χ4n) is 3.33. The number of fused-ring (bicyclic) bond motifs is 1. The highest BCUT2D eigenvalue weighted by Crippen LogP contribution is 2.31. The number of piperidine rings is 1. The minimum Gasteiger partial charge on any atom is -0.466 e. The molecule has 0 amide bonds. The largest absolute Gasteiger partial charge is 0.466 e. The third-order valence-corrected chi connectivity index (χ3v) is 4.54. The number of hydrogen-bond donors (Lipinski definition) is 1. The Kier molecular flexibility index (Phi) is 3.47. The molecule has 0 spiro atoms.